The number of benzene rings is 1. The van der Waals surface area contributed by atoms with Gasteiger partial charge in [-0.1, -0.05) is 17.7 Å². The summed E-state index contributed by atoms with van der Waals surface area (Å²) in [5.41, 5.74) is -0.903. The number of ether oxygens (including phenoxy) is 1. The number of aliphatic hydroxyl groups is 1. The summed E-state index contributed by atoms with van der Waals surface area (Å²) < 4.78 is 5.74. The fourth-order valence-electron chi connectivity index (χ4n) is 3.09. The molecule has 0 radical (unpaired) electrons. The largest absolute Gasteiger partial charge is 0.491 e. The Labute approximate surface area is 168 Å². The molecule has 2 heterocycles. The van der Waals surface area contributed by atoms with Gasteiger partial charge in [-0.05, 0) is 50.9 Å². The van der Waals surface area contributed by atoms with Gasteiger partial charge < -0.3 is 15.2 Å². The molecule has 6 nitrogen and oxygen atoms in total. The summed E-state index contributed by atoms with van der Waals surface area (Å²) in [4.78, 5) is 19.5. The number of amides is 1. The number of hydrogen-bond donors (Lipinski definition) is 2. The van der Waals surface area contributed by atoms with Crippen molar-refractivity contribution >= 4 is 34.0 Å². The Hall–Kier alpha value is -1.67. The number of halogens is 1. The van der Waals surface area contributed by atoms with Crippen LogP contribution in [0, 0.1) is 6.92 Å². The molecule has 8 heteroatoms. The Morgan fingerprint density at radius 3 is 3.04 bits per heavy atom. The molecule has 3 rings (SSSR count). The summed E-state index contributed by atoms with van der Waals surface area (Å²) in [5.74, 6) is 0.570. The number of nitrogens with zero attached hydrogens (tertiary/aromatic N) is 2. The Balaban J connectivity index is 1.48. The molecule has 2 aromatic rings. The minimum Gasteiger partial charge on any atom is -0.491 e. The minimum absolute atomic E-state index is 0.0787. The smallest absolute Gasteiger partial charge is 0.240 e. The molecular formula is C19H24ClN3O3S. The fraction of sp³-hybridized carbons (Fsp3) is 0.474. The highest BCUT2D eigenvalue weighted by atomic mass is 35.5. The fourth-order valence-corrected chi connectivity index (χ4v) is 3.95. The summed E-state index contributed by atoms with van der Waals surface area (Å²) in [5, 5.41) is 14.9. The van der Waals surface area contributed by atoms with E-state index in [4.69, 9.17) is 16.3 Å². The van der Waals surface area contributed by atoms with Gasteiger partial charge in [0.1, 0.15) is 12.4 Å². The molecule has 1 aliphatic heterocycles. The molecule has 1 fully saturated rings. The Morgan fingerprint density at radius 2 is 2.30 bits per heavy atom. The number of likely N-dealkylation sites (tertiary alicyclic amines) is 1. The lowest BCUT2D eigenvalue weighted by Gasteiger charge is -2.27. The second kappa shape index (κ2) is 9.01. The highest BCUT2D eigenvalue weighted by Crippen LogP contribution is 2.25. The molecule has 0 aliphatic carbocycles. The van der Waals surface area contributed by atoms with Crippen LogP contribution in [-0.4, -0.2) is 52.7 Å². The lowest BCUT2D eigenvalue weighted by Crippen LogP contribution is -2.38. The van der Waals surface area contributed by atoms with E-state index in [0.717, 1.165) is 17.8 Å². The van der Waals surface area contributed by atoms with Crippen molar-refractivity contribution in [3.8, 4) is 5.75 Å². The van der Waals surface area contributed by atoms with Crippen molar-refractivity contribution in [2.24, 2.45) is 0 Å². The van der Waals surface area contributed by atoms with Crippen molar-refractivity contribution in [1.82, 2.24) is 9.88 Å². The number of carbonyl (C=O) groups excluding carboxylic acids is 1. The maximum atomic E-state index is 12.2. The number of aromatic nitrogens is 1. The maximum Gasteiger partial charge on any atom is 0.240 e. The van der Waals surface area contributed by atoms with Crippen LogP contribution < -0.4 is 10.1 Å². The van der Waals surface area contributed by atoms with Crippen LogP contribution in [0.25, 0.3) is 0 Å². The van der Waals surface area contributed by atoms with E-state index in [1.54, 1.807) is 18.3 Å². The Morgan fingerprint density at radius 1 is 1.44 bits per heavy atom. The lowest BCUT2D eigenvalue weighted by atomic mass is 9.96. The molecular weight excluding hydrogens is 386 g/mol. The molecule has 0 spiro atoms. The third-order valence-corrected chi connectivity index (χ3v) is 5.61. The summed E-state index contributed by atoms with van der Waals surface area (Å²) in [6, 6.07) is 7.16. The van der Waals surface area contributed by atoms with E-state index in [9.17, 15) is 9.90 Å². The first-order valence-corrected chi connectivity index (χ1v) is 10.2. The van der Waals surface area contributed by atoms with E-state index >= 15 is 0 Å². The zero-order valence-electron chi connectivity index (χ0n) is 15.3. The van der Waals surface area contributed by atoms with Crippen LogP contribution in [-0.2, 0) is 4.79 Å². The number of carbonyl (C=O) groups is 1. The van der Waals surface area contributed by atoms with Crippen molar-refractivity contribution in [2.75, 3.05) is 31.6 Å². The highest BCUT2D eigenvalue weighted by Gasteiger charge is 2.31. The second-order valence-corrected chi connectivity index (χ2v) is 8.60. The SMILES string of the molecule is Cc1cnc(NC(=O)CN2CCCC(O)(COc3cccc(Cl)c3)CC2)s1. The van der Waals surface area contributed by atoms with Gasteiger partial charge in [-0.15, -0.1) is 11.3 Å². The number of anilines is 1. The van der Waals surface area contributed by atoms with Gasteiger partial charge in [-0.3, -0.25) is 9.69 Å². The van der Waals surface area contributed by atoms with Gasteiger partial charge in [0.05, 0.1) is 12.1 Å². The molecule has 0 saturated carbocycles. The zero-order chi connectivity index (χ0) is 19.3. The van der Waals surface area contributed by atoms with Crippen molar-refractivity contribution in [3.63, 3.8) is 0 Å². The zero-order valence-corrected chi connectivity index (χ0v) is 16.9. The molecule has 146 valence electrons. The average molecular weight is 410 g/mol. The summed E-state index contributed by atoms with van der Waals surface area (Å²) >= 11 is 7.42. The van der Waals surface area contributed by atoms with Crippen LogP contribution in [0.1, 0.15) is 24.1 Å². The van der Waals surface area contributed by atoms with Crippen molar-refractivity contribution in [3.05, 3.63) is 40.4 Å². The number of thiazole rings is 1. The highest BCUT2D eigenvalue weighted by molar-refractivity contribution is 7.15. The standard InChI is InChI=1S/C19H24ClN3O3S/c1-14-11-21-18(27-14)22-17(24)12-23-8-3-6-19(25,7-9-23)13-26-16-5-2-4-15(20)10-16/h2,4-5,10-11,25H,3,6-9,12-13H2,1H3,(H,21,22,24). The van der Waals surface area contributed by atoms with Crippen LogP contribution in [0.15, 0.2) is 30.5 Å². The van der Waals surface area contributed by atoms with Gasteiger partial charge in [0.15, 0.2) is 5.13 Å². The van der Waals surface area contributed by atoms with Crippen molar-refractivity contribution in [1.29, 1.82) is 0 Å². The maximum absolute atomic E-state index is 12.2. The monoisotopic (exact) mass is 409 g/mol. The predicted octanol–water partition coefficient (Wildman–Crippen LogP) is 3.34. The number of hydrogen-bond acceptors (Lipinski definition) is 6. The van der Waals surface area contributed by atoms with Gasteiger partial charge in [-0.25, -0.2) is 4.98 Å². The van der Waals surface area contributed by atoms with E-state index in [1.165, 1.54) is 11.3 Å². The second-order valence-electron chi connectivity index (χ2n) is 6.92. The summed E-state index contributed by atoms with van der Waals surface area (Å²) in [6.45, 7) is 3.87. The molecule has 1 amide bonds. The van der Waals surface area contributed by atoms with Crippen LogP contribution >= 0.6 is 22.9 Å². The minimum atomic E-state index is -0.903. The Bertz CT molecular complexity index is 785. The molecule has 1 aliphatic rings. The first kappa shape index (κ1) is 20.1. The number of nitrogens with one attached hydrogen (secondary N) is 1. The van der Waals surface area contributed by atoms with E-state index in [1.807, 2.05) is 19.1 Å². The first-order chi connectivity index (χ1) is 12.9. The third kappa shape index (κ3) is 6.17. The van der Waals surface area contributed by atoms with Gasteiger partial charge in [0, 0.05) is 22.6 Å². The first-order valence-electron chi connectivity index (χ1n) is 8.97. The van der Waals surface area contributed by atoms with E-state index in [-0.39, 0.29) is 12.5 Å². The normalized spacial score (nSPS) is 20.9. The van der Waals surface area contributed by atoms with Gasteiger partial charge in [-0.2, -0.15) is 0 Å². The molecule has 0 bridgehead atoms. The predicted molar refractivity (Wildman–Crippen MR) is 108 cm³/mol. The van der Waals surface area contributed by atoms with Gasteiger partial charge in [0.25, 0.3) is 0 Å². The Kier molecular flexibility index (Phi) is 6.70. The van der Waals surface area contributed by atoms with Crippen LogP contribution in [0.3, 0.4) is 0 Å². The topological polar surface area (TPSA) is 74.7 Å². The lowest BCUT2D eigenvalue weighted by molar-refractivity contribution is -0.117. The van der Waals surface area contributed by atoms with Crippen molar-refractivity contribution in [2.45, 2.75) is 31.8 Å². The molecule has 2 N–H and O–H groups in total. The quantitative estimate of drug-likeness (QED) is 0.765. The molecule has 27 heavy (non-hydrogen) atoms. The van der Waals surface area contributed by atoms with Crippen LogP contribution in [0.5, 0.6) is 5.75 Å². The molecule has 1 unspecified atom stereocenters. The molecule has 1 aromatic heterocycles. The average Bonchev–Trinajstić information content (AvgIpc) is 2.93. The van der Waals surface area contributed by atoms with Crippen molar-refractivity contribution < 1.29 is 14.6 Å². The number of rotatable bonds is 6. The third-order valence-electron chi connectivity index (χ3n) is 4.55. The van der Waals surface area contributed by atoms with E-state index in [0.29, 0.717) is 41.8 Å². The summed E-state index contributed by atoms with van der Waals surface area (Å²) in [6.07, 6.45) is 3.74. The molecule has 1 atom stereocenters. The van der Waals surface area contributed by atoms with Gasteiger partial charge in [0.2, 0.25) is 5.91 Å². The van der Waals surface area contributed by atoms with Crippen LogP contribution in [0.2, 0.25) is 5.02 Å². The molecule has 1 aromatic carbocycles. The van der Waals surface area contributed by atoms with E-state index < -0.39 is 5.60 Å². The van der Waals surface area contributed by atoms with Gasteiger partial charge >= 0.3 is 0 Å². The van der Waals surface area contributed by atoms with Crippen LogP contribution in [0.4, 0.5) is 5.13 Å². The summed E-state index contributed by atoms with van der Waals surface area (Å²) in [7, 11) is 0. The number of aryl methyl sites for hydroxylation is 1. The molecule has 1 saturated heterocycles. The van der Waals surface area contributed by atoms with E-state index in [2.05, 4.69) is 15.2 Å².